The monoisotopic (exact) mass is 198 g/mol. The summed E-state index contributed by atoms with van der Waals surface area (Å²) < 4.78 is 5.41. The molecule has 1 fully saturated rings. The van der Waals surface area contributed by atoms with Gasteiger partial charge in [0.05, 0.1) is 19.1 Å². The first-order chi connectivity index (χ1) is 6.72. The maximum absolute atomic E-state index is 11.4. The van der Waals surface area contributed by atoms with Crippen LogP contribution >= 0.6 is 0 Å². The summed E-state index contributed by atoms with van der Waals surface area (Å²) in [6, 6.07) is 0.0269. The molecule has 1 heterocycles. The van der Waals surface area contributed by atoms with Crippen LogP contribution < -0.4 is 10.6 Å². The van der Waals surface area contributed by atoms with Crippen LogP contribution in [0.5, 0.6) is 0 Å². The van der Waals surface area contributed by atoms with Crippen LogP contribution in [0.2, 0.25) is 0 Å². The van der Waals surface area contributed by atoms with Gasteiger partial charge in [0.2, 0.25) is 5.91 Å². The number of carbonyl (C=O) groups is 1. The lowest BCUT2D eigenvalue weighted by Gasteiger charge is -2.23. The van der Waals surface area contributed by atoms with Crippen molar-refractivity contribution in [1.82, 2.24) is 10.6 Å². The minimum absolute atomic E-state index is 0.0146. The molecular formula is C10H18N2O2. The summed E-state index contributed by atoms with van der Waals surface area (Å²) in [6.45, 7) is 7.82. The van der Waals surface area contributed by atoms with E-state index in [0.29, 0.717) is 13.0 Å². The fourth-order valence-electron chi connectivity index (χ4n) is 1.33. The maximum atomic E-state index is 11.4. The first-order valence-corrected chi connectivity index (χ1v) is 4.96. The largest absolute Gasteiger partial charge is 0.375 e. The van der Waals surface area contributed by atoms with Gasteiger partial charge in [-0.15, -0.1) is 6.58 Å². The van der Waals surface area contributed by atoms with Crippen molar-refractivity contribution in [2.75, 3.05) is 19.7 Å². The van der Waals surface area contributed by atoms with E-state index >= 15 is 0 Å². The quantitative estimate of drug-likeness (QED) is 0.628. The summed E-state index contributed by atoms with van der Waals surface area (Å²) in [5.74, 6) is 0.0195. The highest BCUT2D eigenvalue weighted by Crippen LogP contribution is 2.01. The number of carbonyl (C=O) groups excluding carboxylic acids is 1. The minimum atomic E-state index is 0.0146. The lowest BCUT2D eigenvalue weighted by atomic mass is 10.2. The molecule has 80 valence electrons. The topological polar surface area (TPSA) is 50.4 Å². The van der Waals surface area contributed by atoms with Crippen molar-refractivity contribution in [2.45, 2.75) is 25.5 Å². The first-order valence-electron chi connectivity index (χ1n) is 4.96. The number of nitrogens with one attached hydrogen (secondary N) is 2. The molecule has 0 aromatic rings. The van der Waals surface area contributed by atoms with Crippen molar-refractivity contribution in [3.63, 3.8) is 0 Å². The maximum Gasteiger partial charge on any atom is 0.223 e. The zero-order chi connectivity index (χ0) is 10.4. The molecule has 2 atom stereocenters. The molecule has 1 amide bonds. The Morgan fingerprint density at radius 1 is 1.86 bits per heavy atom. The van der Waals surface area contributed by atoms with Crippen LogP contribution in [0.3, 0.4) is 0 Å². The molecule has 2 N–H and O–H groups in total. The molecule has 0 aromatic heterocycles. The Bertz CT molecular complexity index is 200. The Labute approximate surface area is 84.7 Å². The summed E-state index contributed by atoms with van der Waals surface area (Å²) in [7, 11) is 0. The Kier molecular flexibility index (Phi) is 4.62. The highest BCUT2D eigenvalue weighted by atomic mass is 16.5. The Morgan fingerprint density at radius 3 is 3.21 bits per heavy atom. The third-order valence-corrected chi connectivity index (χ3v) is 2.16. The lowest BCUT2D eigenvalue weighted by Crippen LogP contribution is -2.42. The van der Waals surface area contributed by atoms with Gasteiger partial charge in [0.15, 0.2) is 0 Å². The van der Waals surface area contributed by atoms with Crippen LogP contribution in [0.15, 0.2) is 12.7 Å². The number of morpholine rings is 1. The normalized spacial score (nSPS) is 23.9. The van der Waals surface area contributed by atoms with Gasteiger partial charge in [0.25, 0.3) is 0 Å². The summed E-state index contributed by atoms with van der Waals surface area (Å²) in [5, 5.41) is 5.99. The number of hydrogen-bond acceptors (Lipinski definition) is 3. The van der Waals surface area contributed by atoms with E-state index in [1.54, 1.807) is 6.08 Å². The van der Waals surface area contributed by atoms with Gasteiger partial charge in [-0.3, -0.25) is 4.79 Å². The second kappa shape index (κ2) is 5.78. The van der Waals surface area contributed by atoms with E-state index in [-0.39, 0.29) is 18.1 Å². The summed E-state index contributed by atoms with van der Waals surface area (Å²) in [5.41, 5.74) is 0. The molecule has 0 saturated carbocycles. The highest BCUT2D eigenvalue weighted by Gasteiger charge is 2.17. The summed E-state index contributed by atoms with van der Waals surface area (Å²) in [6.07, 6.45) is 2.14. The fraction of sp³-hybridized carbons (Fsp3) is 0.700. The molecule has 0 radical (unpaired) electrons. The predicted molar refractivity (Wildman–Crippen MR) is 55.0 cm³/mol. The molecule has 1 aliphatic rings. The second-order valence-electron chi connectivity index (χ2n) is 3.49. The minimum Gasteiger partial charge on any atom is -0.375 e. The predicted octanol–water partition coefficient (Wildman–Crippen LogP) is 0.0556. The van der Waals surface area contributed by atoms with Crippen molar-refractivity contribution in [3.8, 4) is 0 Å². The Hall–Kier alpha value is -0.870. The molecule has 1 aliphatic heterocycles. The van der Waals surface area contributed by atoms with Gasteiger partial charge < -0.3 is 15.4 Å². The van der Waals surface area contributed by atoms with E-state index in [4.69, 9.17) is 4.74 Å². The molecule has 4 nitrogen and oxygen atoms in total. The molecule has 14 heavy (non-hydrogen) atoms. The number of ether oxygens (including phenoxy) is 1. The fourth-order valence-corrected chi connectivity index (χ4v) is 1.33. The van der Waals surface area contributed by atoms with Crippen LogP contribution in [0.4, 0.5) is 0 Å². The second-order valence-corrected chi connectivity index (χ2v) is 3.49. The van der Waals surface area contributed by atoms with E-state index in [1.807, 2.05) is 6.92 Å². The number of rotatable bonds is 4. The van der Waals surface area contributed by atoms with E-state index in [1.165, 1.54) is 0 Å². The molecule has 0 spiro atoms. The molecular weight excluding hydrogens is 180 g/mol. The van der Waals surface area contributed by atoms with Crippen LogP contribution in [-0.4, -0.2) is 37.7 Å². The Balaban J connectivity index is 2.21. The van der Waals surface area contributed by atoms with Gasteiger partial charge in [-0.05, 0) is 6.92 Å². The third kappa shape index (κ3) is 3.89. The van der Waals surface area contributed by atoms with Gasteiger partial charge in [-0.25, -0.2) is 0 Å². The molecule has 0 bridgehead atoms. The van der Waals surface area contributed by atoms with Crippen LogP contribution in [-0.2, 0) is 9.53 Å². The van der Waals surface area contributed by atoms with Gasteiger partial charge in [0.1, 0.15) is 0 Å². The van der Waals surface area contributed by atoms with Crippen molar-refractivity contribution in [1.29, 1.82) is 0 Å². The SMILES string of the molecule is C=CC(C)NC(=O)CC1CNCCO1. The average molecular weight is 198 g/mol. The molecule has 0 aromatic carbocycles. The van der Waals surface area contributed by atoms with Crippen LogP contribution in [0.25, 0.3) is 0 Å². The summed E-state index contributed by atoms with van der Waals surface area (Å²) in [4.78, 5) is 11.4. The van der Waals surface area contributed by atoms with Gasteiger partial charge in [-0.2, -0.15) is 0 Å². The molecule has 0 aliphatic carbocycles. The van der Waals surface area contributed by atoms with Crippen molar-refractivity contribution < 1.29 is 9.53 Å². The Morgan fingerprint density at radius 2 is 2.64 bits per heavy atom. The van der Waals surface area contributed by atoms with E-state index in [9.17, 15) is 4.79 Å². The first kappa shape index (κ1) is 11.2. The third-order valence-electron chi connectivity index (χ3n) is 2.16. The number of hydrogen-bond donors (Lipinski definition) is 2. The van der Waals surface area contributed by atoms with Crippen molar-refractivity contribution >= 4 is 5.91 Å². The van der Waals surface area contributed by atoms with E-state index in [0.717, 1.165) is 13.1 Å². The van der Waals surface area contributed by atoms with E-state index in [2.05, 4.69) is 17.2 Å². The zero-order valence-electron chi connectivity index (χ0n) is 8.58. The molecule has 1 rings (SSSR count). The zero-order valence-corrected chi connectivity index (χ0v) is 8.58. The smallest absolute Gasteiger partial charge is 0.223 e. The molecule has 1 saturated heterocycles. The van der Waals surface area contributed by atoms with Crippen molar-refractivity contribution in [2.24, 2.45) is 0 Å². The highest BCUT2D eigenvalue weighted by molar-refractivity contribution is 5.77. The summed E-state index contributed by atoms with van der Waals surface area (Å²) >= 11 is 0. The van der Waals surface area contributed by atoms with Crippen LogP contribution in [0.1, 0.15) is 13.3 Å². The number of amides is 1. The van der Waals surface area contributed by atoms with Gasteiger partial charge in [-0.1, -0.05) is 6.08 Å². The molecule has 4 heteroatoms. The lowest BCUT2D eigenvalue weighted by molar-refractivity contribution is -0.124. The van der Waals surface area contributed by atoms with Crippen molar-refractivity contribution in [3.05, 3.63) is 12.7 Å². The van der Waals surface area contributed by atoms with Gasteiger partial charge >= 0.3 is 0 Å². The average Bonchev–Trinajstić information content (AvgIpc) is 2.19. The van der Waals surface area contributed by atoms with Gasteiger partial charge in [0, 0.05) is 19.1 Å². The van der Waals surface area contributed by atoms with E-state index < -0.39 is 0 Å². The standard InChI is InChI=1S/C10H18N2O2/c1-3-8(2)12-10(13)6-9-7-11-4-5-14-9/h3,8-9,11H,1,4-7H2,2H3,(H,12,13). The molecule has 2 unspecified atom stereocenters. The van der Waals surface area contributed by atoms with Crippen LogP contribution in [0, 0.1) is 0 Å².